The molecule has 1 aromatic rings. The van der Waals surface area contributed by atoms with Crippen molar-refractivity contribution in [3.05, 3.63) is 40.6 Å². The fourth-order valence-corrected chi connectivity index (χ4v) is 2.00. The van der Waals surface area contributed by atoms with E-state index in [1.165, 1.54) is 4.88 Å². The standard InChI is InChI=1S/C10H9NS/c11-9-5-2-1-4-8(9)10-6-3-7-12-10/h1-4,6-7,11H,5H2. The van der Waals surface area contributed by atoms with E-state index in [2.05, 4.69) is 6.07 Å². The fourth-order valence-electron chi connectivity index (χ4n) is 1.22. The Morgan fingerprint density at radius 3 is 3.00 bits per heavy atom. The molecular formula is C10H9NS. The van der Waals surface area contributed by atoms with Crippen molar-refractivity contribution in [2.75, 3.05) is 0 Å². The summed E-state index contributed by atoms with van der Waals surface area (Å²) < 4.78 is 0. The predicted molar refractivity (Wildman–Crippen MR) is 53.8 cm³/mol. The van der Waals surface area contributed by atoms with Gasteiger partial charge in [-0.25, -0.2) is 0 Å². The Balaban J connectivity index is 2.40. The van der Waals surface area contributed by atoms with Crippen molar-refractivity contribution in [2.45, 2.75) is 6.42 Å². The number of hydrogen-bond donors (Lipinski definition) is 1. The molecule has 1 aromatic heterocycles. The van der Waals surface area contributed by atoms with Crippen molar-refractivity contribution >= 4 is 22.6 Å². The fraction of sp³-hybridized carbons (Fsp3) is 0.100. The first-order chi connectivity index (χ1) is 5.88. The third-order valence-corrected chi connectivity index (χ3v) is 2.74. The maximum atomic E-state index is 7.71. The quantitative estimate of drug-likeness (QED) is 0.678. The van der Waals surface area contributed by atoms with E-state index in [0.717, 1.165) is 17.7 Å². The Morgan fingerprint density at radius 2 is 2.33 bits per heavy atom. The first-order valence-electron chi connectivity index (χ1n) is 3.86. The summed E-state index contributed by atoms with van der Waals surface area (Å²) in [5.74, 6) is 0. The molecule has 1 N–H and O–H groups in total. The van der Waals surface area contributed by atoms with E-state index in [9.17, 15) is 0 Å². The van der Waals surface area contributed by atoms with Crippen LogP contribution in [0, 0.1) is 5.41 Å². The molecular weight excluding hydrogens is 166 g/mol. The molecule has 0 unspecified atom stereocenters. The largest absolute Gasteiger partial charge is 0.304 e. The van der Waals surface area contributed by atoms with Crippen LogP contribution in [-0.2, 0) is 0 Å². The third kappa shape index (κ3) is 1.25. The summed E-state index contributed by atoms with van der Waals surface area (Å²) in [5.41, 5.74) is 1.80. The van der Waals surface area contributed by atoms with E-state index >= 15 is 0 Å². The first kappa shape index (κ1) is 7.50. The first-order valence-corrected chi connectivity index (χ1v) is 4.74. The van der Waals surface area contributed by atoms with Crippen molar-refractivity contribution in [3.63, 3.8) is 0 Å². The summed E-state index contributed by atoms with van der Waals surface area (Å²) in [7, 11) is 0. The van der Waals surface area contributed by atoms with E-state index in [0.29, 0.717) is 0 Å². The Bertz CT molecular complexity index is 344. The van der Waals surface area contributed by atoms with Gasteiger partial charge in [0, 0.05) is 22.6 Å². The van der Waals surface area contributed by atoms with Crippen molar-refractivity contribution in [2.24, 2.45) is 0 Å². The van der Waals surface area contributed by atoms with Gasteiger partial charge < -0.3 is 5.41 Å². The van der Waals surface area contributed by atoms with Crippen molar-refractivity contribution in [1.82, 2.24) is 0 Å². The summed E-state index contributed by atoms with van der Waals surface area (Å²) >= 11 is 1.69. The van der Waals surface area contributed by atoms with Crippen molar-refractivity contribution < 1.29 is 0 Å². The molecule has 0 saturated heterocycles. The van der Waals surface area contributed by atoms with Crippen LogP contribution in [-0.4, -0.2) is 5.71 Å². The summed E-state index contributed by atoms with van der Waals surface area (Å²) in [6.07, 6.45) is 6.81. The number of allylic oxidation sites excluding steroid dienone is 4. The summed E-state index contributed by atoms with van der Waals surface area (Å²) in [4.78, 5) is 1.20. The molecule has 60 valence electrons. The van der Waals surface area contributed by atoms with E-state index in [1.807, 2.05) is 29.7 Å². The van der Waals surface area contributed by atoms with Gasteiger partial charge in [-0.1, -0.05) is 24.3 Å². The molecule has 1 aliphatic carbocycles. The minimum Gasteiger partial charge on any atom is -0.304 e. The third-order valence-electron chi connectivity index (χ3n) is 1.83. The van der Waals surface area contributed by atoms with Crippen LogP contribution >= 0.6 is 11.3 Å². The second-order valence-corrected chi connectivity index (χ2v) is 3.62. The molecule has 0 amide bonds. The normalized spacial score (nSPS) is 16.3. The number of thiophene rings is 1. The van der Waals surface area contributed by atoms with E-state index in [1.54, 1.807) is 11.3 Å². The molecule has 2 rings (SSSR count). The molecule has 1 heterocycles. The second kappa shape index (κ2) is 3.07. The lowest BCUT2D eigenvalue weighted by Gasteiger charge is -2.07. The van der Waals surface area contributed by atoms with Crippen LogP contribution in [0.4, 0.5) is 0 Å². The molecule has 12 heavy (non-hydrogen) atoms. The minimum absolute atomic E-state index is 0.722. The molecule has 0 bridgehead atoms. The lowest BCUT2D eigenvalue weighted by molar-refractivity contribution is 1.37. The zero-order chi connectivity index (χ0) is 8.39. The number of hydrogen-bond acceptors (Lipinski definition) is 2. The molecule has 0 saturated carbocycles. The zero-order valence-electron chi connectivity index (χ0n) is 6.58. The number of nitrogens with one attached hydrogen (secondary N) is 1. The van der Waals surface area contributed by atoms with Gasteiger partial charge in [0.15, 0.2) is 0 Å². The van der Waals surface area contributed by atoms with Gasteiger partial charge in [-0.15, -0.1) is 11.3 Å². The Labute approximate surface area is 75.6 Å². The van der Waals surface area contributed by atoms with Gasteiger partial charge in [-0.2, -0.15) is 0 Å². The highest BCUT2D eigenvalue weighted by molar-refractivity contribution is 7.11. The van der Waals surface area contributed by atoms with Crippen LogP contribution in [0.3, 0.4) is 0 Å². The summed E-state index contributed by atoms with van der Waals surface area (Å²) in [6, 6.07) is 4.08. The maximum Gasteiger partial charge on any atom is 0.0438 e. The lowest BCUT2D eigenvalue weighted by Crippen LogP contribution is -1.99. The molecule has 0 radical (unpaired) electrons. The molecule has 1 aliphatic rings. The average molecular weight is 175 g/mol. The predicted octanol–water partition coefficient (Wildman–Crippen LogP) is 3.11. The van der Waals surface area contributed by atoms with Crippen LogP contribution in [0.25, 0.3) is 5.57 Å². The highest BCUT2D eigenvalue weighted by atomic mass is 32.1. The topological polar surface area (TPSA) is 23.9 Å². The van der Waals surface area contributed by atoms with Crippen LogP contribution in [0.1, 0.15) is 11.3 Å². The summed E-state index contributed by atoms with van der Waals surface area (Å²) in [6.45, 7) is 0. The average Bonchev–Trinajstić information content (AvgIpc) is 2.57. The molecule has 0 atom stereocenters. The Kier molecular flexibility index (Phi) is 1.92. The summed E-state index contributed by atoms with van der Waals surface area (Å²) in [5, 5.41) is 9.75. The highest BCUT2D eigenvalue weighted by Gasteiger charge is 2.08. The smallest absolute Gasteiger partial charge is 0.0438 e. The van der Waals surface area contributed by atoms with Gasteiger partial charge in [0.2, 0.25) is 0 Å². The molecule has 0 spiro atoms. The zero-order valence-corrected chi connectivity index (χ0v) is 7.40. The van der Waals surface area contributed by atoms with E-state index in [4.69, 9.17) is 5.41 Å². The van der Waals surface area contributed by atoms with Crippen LogP contribution in [0.2, 0.25) is 0 Å². The van der Waals surface area contributed by atoms with Gasteiger partial charge in [0.25, 0.3) is 0 Å². The lowest BCUT2D eigenvalue weighted by atomic mass is 10.0. The second-order valence-electron chi connectivity index (χ2n) is 2.67. The van der Waals surface area contributed by atoms with Gasteiger partial charge in [-0.3, -0.25) is 0 Å². The molecule has 2 heteroatoms. The van der Waals surface area contributed by atoms with Crippen LogP contribution < -0.4 is 0 Å². The minimum atomic E-state index is 0.722. The van der Waals surface area contributed by atoms with E-state index < -0.39 is 0 Å². The molecule has 0 aromatic carbocycles. The van der Waals surface area contributed by atoms with E-state index in [-0.39, 0.29) is 0 Å². The van der Waals surface area contributed by atoms with Gasteiger partial charge in [0.1, 0.15) is 0 Å². The van der Waals surface area contributed by atoms with Gasteiger partial charge in [-0.05, 0) is 11.4 Å². The van der Waals surface area contributed by atoms with Crippen molar-refractivity contribution in [1.29, 1.82) is 5.41 Å². The maximum absolute atomic E-state index is 7.71. The van der Waals surface area contributed by atoms with Gasteiger partial charge in [0.05, 0.1) is 0 Å². The van der Waals surface area contributed by atoms with Gasteiger partial charge >= 0.3 is 0 Å². The Hall–Kier alpha value is -1.15. The molecule has 0 fully saturated rings. The van der Waals surface area contributed by atoms with Crippen molar-refractivity contribution in [3.8, 4) is 0 Å². The SMILES string of the molecule is N=C1CC=CC=C1c1cccs1. The monoisotopic (exact) mass is 175 g/mol. The Morgan fingerprint density at radius 1 is 1.42 bits per heavy atom. The molecule has 0 aliphatic heterocycles. The highest BCUT2D eigenvalue weighted by Crippen LogP contribution is 2.24. The van der Waals surface area contributed by atoms with Crippen LogP contribution in [0.5, 0.6) is 0 Å². The number of rotatable bonds is 1. The van der Waals surface area contributed by atoms with Crippen LogP contribution in [0.15, 0.2) is 35.7 Å². The molecule has 1 nitrogen and oxygen atoms in total.